The fourth-order valence-electron chi connectivity index (χ4n) is 3.11. The molecule has 0 fully saturated rings. The zero-order valence-electron chi connectivity index (χ0n) is 14.1. The van der Waals surface area contributed by atoms with Crippen molar-refractivity contribution < 1.29 is 14.7 Å². The smallest absolute Gasteiger partial charge is 0.290 e. The molecule has 1 heterocycles. The molecule has 1 aromatic carbocycles. The van der Waals surface area contributed by atoms with Gasteiger partial charge in [-0.05, 0) is 24.5 Å². The summed E-state index contributed by atoms with van der Waals surface area (Å²) < 4.78 is 0. The average molecular weight is 315 g/mol. The number of ketones is 1. The quantitative estimate of drug-likeness (QED) is 0.777. The molecular weight excluding hydrogens is 290 g/mol. The van der Waals surface area contributed by atoms with E-state index < -0.39 is 11.9 Å². The molecule has 23 heavy (non-hydrogen) atoms. The molecule has 1 atom stereocenters. The lowest BCUT2D eigenvalue weighted by atomic mass is 9.92. The third-order valence-corrected chi connectivity index (χ3v) is 4.41. The summed E-state index contributed by atoms with van der Waals surface area (Å²) in [5.41, 5.74) is 2.18. The average Bonchev–Trinajstić information content (AvgIpc) is 2.79. The number of nitrogens with zero attached hydrogens (tertiary/aromatic N) is 1. The first-order valence-electron chi connectivity index (χ1n) is 8.35. The molecule has 1 amide bonds. The second-order valence-electron chi connectivity index (χ2n) is 6.00. The van der Waals surface area contributed by atoms with Gasteiger partial charge in [0.1, 0.15) is 0 Å². The normalized spacial score (nSPS) is 18.0. The number of aliphatic hydroxyl groups excluding tert-OH is 1. The van der Waals surface area contributed by atoms with Gasteiger partial charge in [-0.25, -0.2) is 0 Å². The lowest BCUT2D eigenvalue weighted by Gasteiger charge is -2.28. The molecule has 1 aliphatic heterocycles. The molecule has 1 aromatic rings. The molecule has 0 saturated heterocycles. The highest BCUT2D eigenvalue weighted by Crippen LogP contribution is 2.39. The number of hydrogen-bond donors (Lipinski definition) is 1. The fourth-order valence-corrected chi connectivity index (χ4v) is 3.11. The van der Waals surface area contributed by atoms with Gasteiger partial charge in [0, 0.05) is 13.0 Å². The highest BCUT2D eigenvalue weighted by Gasteiger charge is 2.42. The highest BCUT2D eigenvalue weighted by molar-refractivity contribution is 6.08. The number of rotatable bonds is 7. The number of carbonyl (C=O) groups excluding carboxylic acids is 2. The van der Waals surface area contributed by atoms with Gasteiger partial charge >= 0.3 is 0 Å². The van der Waals surface area contributed by atoms with Crippen molar-refractivity contribution in [3.05, 3.63) is 46.7 Å². The number of unbranched alkanes of at least 4 members (excludes halogenated alkanes) is 2. The number of aryl methyl sites for hydroxylation is 1. The first-order valence-corrected chi connectivity index (χ1v) is 8.35. The van der Waals surface area contributed by atoms with Gasteiger partial charge in [-0.1, -0.05) is 51.0 Å². The van der Waals surface area contributed by atoms with E-state index in [9.17, 15) is 14.7 Å². The Morgan fingerprint density at radius 1 is 1.22 bits per heavy atom. The first kappa shape index (κ1) is 17.3. The summed E-state index contributed by atoms with van der Waals surface area (Å²) in [6, 6.07) is 7.27. The van der Waals surface area contributed by atoms with Gasteiger partial charge in [-0.15, -0.1) is 0 Å². The monoisotopic (exact) mass is 315 g/mol. The lowest BCUT2D eigenvalue weighted by Crippen LogP contribution is -2.32. The van der Waals surface area contributed by atoms with Crippen molar-refractivity contribution in [2.45, 2.75) is 52.5 Å². The third-order valence-electron chi connectivity index (χ3n) is 4.41. The minimum absolute atomic E-state index is 0.165. The van der Waals surface area contributed by atoms with Crippen LogP contribution in [0.3, 0.4) is 0 Å². The van der Waals surface area contributed by atoms with Crippen molar-refractivity contribution in [3.63, 3.8) is 0 Å². The molecule has 0 aliphatic carbocycles. The minimum Gasteiger partial charge on any atom is -0.503 e. The molecule has 124 valence electrons. The van der Waals surface area contributed by atoms with E-state index >= 15 is 0 Å². The molecular formula is C19H25NO3. The van der Waals surface area contributed by atoms with E-state index in [1.807, 2.05) is 31.2 Å². The van der Waals surface area contributed by atoms with Crippen molar-refractivity contribution in [3.8, 4) is 0 Å². The number of hydrogen-bond acceptors (Lipinski definition) is 3. The van der Waals surface area contributed by atoms with Crippen LogP contribution in [0.25, 0.3) is 0 Å². The Bertz CT molecular complexity index is 633. The number of Topliss-reactive ketones (excluding diaryl/α,β-unsaturated/α-hetero) is 1. The van der Waals surface area contributed by atoms with Crippen molar-refractivity contribution in [2.24, 2.45) is 0 Å². The van der Waals surface area contributed by atoms with Crippen LogP contribution < -0.4 is 0 Å². The standard InChI is InChI=1S/C19H25NO3/c1-4-6-9-12-20-17(14-11-8-7-10-13(14)3)16(15(21)5-2)18(22)19(20)23/h7-8,10-11,17,22H,4-6,9,12H2,1-3H3. The van der Waals surface area contributed by atoms with Gasteiger partial charge < -0.3 is 10.0 Å². The van der Waals surface area contributed by atoms with Crippen molar-refractivity contribution >= 4 is 11.7 Å². The summed E-state index contributed by atoms with van der Waals surface area (Å²) in [4.78, 5) is 26.5. The summed E-state index contributed by atoms with van der Waals surface area (Å²) in [6.45, 7) is 6.37. The second kappa shape index (κ2) is 7.44. The van der Waals surface area contributed by atoms with Crippen LogP contribution in [0.1, 0.15) is 56.7 Å². The molecule has 4 heteroatoms. The number of aliphatic hydroxyl groups is 1. The van der Waals surface area contributed by atoms with E-state index in [0.29, 0.717) is 6.54 Å². The molecule has 1 unspecified atom stereocenters. The van der Waals surface area contributed by atoms with Crippen LogP contribution >= 0.6 is 0 Å². The van der Waals surface area contributed by atoms with E-state index in [2.05, 4.69) is 6.92 Å². The molecule has 4 nitrogen and oxygen atoms in total. The zero-order chi connectivity index (χ0) is 17.0. The van der Waals surface area contributed by atoms with Crippen molar-refractivity contribution in [2.75, 3.05) is 6.54 Å². The number of benzene rings is 1. The Hall–Kier alpha value is -2.10. The van der Waals surface area contributed by atoms with Gasteiger partial charge in [0.2, 0.25) is 0 Å². The van der Waals surface area contributed by atoms with E-state index in [0.717, 1.165) is 30.4 Å². The molecule has 0 spiro atoms. The van der Waals surface area contributed by atoms with E-state index in [1.54, 1.807) is 11.8 Å². The third kappa shape index (κ3) is 3.31. The Kier molecular flexibility index (Phi) is 5.59. The van der Waals surface area contributed by atoms with Gasteiger partial charge in [0.05, 0.1) is 11.6 Å². The maximum Gasteiger partial charge on any atom is 0.290 e. The van der Waals surface area contributed by atoms with Crippen molar-refractivity contribution in [1.82, 2.24) is 4.90 Å². The Labute approximate surface area is 137 Å². The molecule has 1 N–H and O–H groups in total. The van der Waals surface area contributed by atoms with Gasteiger partial charge in [-0.3, -0.25) is 9.59 Å². The molecule has 2 rings (SSSR count). The van der Waals surface area contributed by atoms with E-state index in [-0.39, 0.29) is 23.5 Å². The fraction of sp³-hybridized carbons (Fsp3) is 0.474. The van der Waals surface area contributed by atoms with Crippen LogP contribution in [0.4, 0.5) is 0 Å². The summed E-state index contributed by atoms with van der Waals surface area (Å²) in [5, 5.41) is 10.3. The molecule has 0 aromatic heterocycles. The lowest BCUT2D eigenvalue weighted by molar-refractivity contribution is -0.129. The van der Waals surface area contributed by atoms with E-state index in [4.69, 9.17) is 0 Å². The Morgan fingerprint density at radius 3 is 2.52 bits per heavy atom. The molecule has 1 aliphatic rings. The largest absolute Gasteiger partial charge is 0.503 e. The Balaban J connectivity index is 2.46. The topological polar surface area (TPSA) is 57.6 Å². The van der Waals surface area contributed by atoms with Crippen LogP contribution in [0, 0.1) is 6.92 Å². The zero-order valence-corrected chi connectivity index (χ0v) is 14.1. The molecule has 0 saturated carbocycles. The van der Waals surface area contributed by atoms with Crippen LogP contribution in [-0.4, -0.2) is 28.2 Å². The summed E-state index contributed by atoms with van der Waals surface area (Å²) in [5.74, 6) is -0.963. The van der Waals surface area contributed by atoms with Crippen LogP contribution in [-0.2, 0) is 9.59 Å². The number of carbonyl (C=O) groups is 2. The van der Waals surface area contributed by atoms with Crippen LogP contribution in [0.2, 0.25) is 0 Å². The van der Waals surface area contributed by atoms with Gasteiger partial charge in [-0.2, -0.15) is 0 Å². The minimum atomic E-state index is -0.465. The van der Waals surface area contributed by atoms with Crippen LogP contribution in [0.15, 0.2) is 35.6 Å². The Morgan fingerprint density at radius 2 is 1.91 bits per heavy atom. The SMILES string of the molecule is CCCCCN1C(=O)C(O)=C(C(=O)CC)C1c1ccccc1C. The van der Waals surface area contributed by atoms with E-state index in [1.165, 1.54) is 0 Å². The van der Waals surface area contributed by atoms with Gasteiger partial charge in [0.15, 0.2) is 11.5 Å². The maximum atomic E-state index is 12.5. The maximum absolute atomic E-state index is 12.5. The predicted octanol–water partition coefficient (Wildman–Crippen LogP) is 3.86. The highest BCUT2D eigenvalue weighted by atomic mass is 16.3. The molecule has 0 radical (unpaired) electrons. The summed E-state index contributed by atoms with van der Waals surface area (Å²) in [6.07, 6.45) is 3.21. The second-order valence-corrected chi connectivity index (χ2v) is 6.00. The first-order chi connectivity index (χ1) is 11.0. The van der Waals surface area contributed by atoms with Crippen molar-refractivity contribution in [1.29, 1.82) is 0 Å². The summed E-state index contributed by atoms with van der Waals surface area (Å²) >= 11 is 0. The predicted molar refractivity (Wildman–Crippen MR) is 90.1 cm³/mol. The molecule has 0 bridgehead atoms. The van der Waals surface area contributed by atoms with Crippen LogP contribution in [0.5, 0.6) is 0 Å². The summed E-state index contributed by atoms with van der Waals surface area (Å²) in [7, 11) is 0. The number of amides is 1. The van der Waals surface area contributed by atoms with Gasteiger partial charge in [0.25, 0.3) is 5.91 Å².